The molecule has 6 nitrogen and oxygen atoms in total. The Balaban J connectivity index is 2.84. The second-order valence-corrected chi connectivity index (χ2v) is 4.08. The van der Waals surface area contributed by atoms with Gasteiger partial charge in [0.05, 0.1) is 11.3 Å². The molecular weight excluding hydrogens is 289 g/mol. The number of nitrogens with one attached hydrogen (secondary N) is 3. The molecule has 9 heteroatoms. The molecule has 21 heavy (non-hydrogen) atoms. The van der Waals surface area contributed by atoms with E-state index in [1.807, 2.05) is 5.43 Å². The molecule has 0 unspecified atom stereocenters. The molecular formula is C12H15F3N4O2. The van der Waals surface area contributed by atoms with Crippen LogP contribution in [0.4, 0.5) is 18.9 Å². The Bertz CT molecular complexity index is 532. The Morgan fingerprint density at radius 2 is 1.95 bits per heavy atom. The highest BCUT2D eigenvalue weighted by molar-refractivity contribution is 5.95. The van der Waals surface area contributed by atoms with Crippen LogP contribution in [0, 0.1) is 0 Å². The fourth-order valence-corrected chi connectivity index (χ4v) is 1.56. The van der Waals surface area contributed by atoms with Crippen LogP contribution < -0.4 is 21.9 Å². The fourth-order valence-electron chi connectivity index (χ4n) is 1.56. The van der Waals surface area contributed by atoms with Crippen molar-refractivity contribution in [3.63, 3.8) is 0 Å². The van der Waals surface area contributed by atoms with Crippen molar-refractivity contribution < 1.29 is 22.8 Å². The van der Waals surface area contributed by atoms with Gasteiger partial charge in [0, 0.05) is 25.6 Å². The Hall–Kier alpha value is -2.29. The number of nitrogen functional groups attached to an aromatic ring is 1. The van der Waals surface area contributed by atoms with Crippen LogP contribution in [0.15, 0.2) is 18.2 Å². The first-order valence-corrected chi connectivity index (χ1v) is 5.96. The van der Waals surface area contributed by atoms with E-state index in [4.69, 9.17) is 5.84 Å². The topological polar surface area (TPSA) is 96.2 Å². The van der Waals surface area contributed by atoms with Gasteiger partial charge in [0.25, 0.3) is 5.91 Å². The molecule has 1 aromatic rings. The van der Waals surface area contributed by atoms with E-state index in [1.165, 1.54) is 13.1 Å². The minimum Gasteiger partial charge on any atom is -0.359 e. The number of nitrogens with two attached hydrogens (primary N) is 1. The summed E-state index contributed by atoms with van der Waals surface area (Å²) in [5.41, 5.74) is 0.394. The second-order valence-electron chi connectivity index (χ2n) is 4.08. The molecule has 0 radical (unpaired) electrons. The highest BCUT2D eigenvalue weighted by Gasteiger charge is 2.34. The zero-order valence-corrected chi connectivity index (χ0v) is 11.2. The third-order valence-corrected chi connectivity index (χ3v) is 2.66. The molecule has 0 aliphatic heterocycles. The molecule has 0 fully saturated rings. The molecule has 0 saturated carbocycles. The van der Waals surface area contributed by atoms with Gasteiger partial charge in [0.1, 0.15) is 0 Å². The van der Waals surface area contributed by atoms with Crippen LogP contribution in [0.5, 0.6) is 0 Å². The summed E-state index contributed by atoms with van der Waals surface area (Å²) in [7, 11) is 1.44. The van der Waals surface area contributed by atoms with Gasteiger partial charge in [-0.3, -0.25) is 15.4 Å². The molecule has 0 aliphatic carbocycles. The minimum absolute atomic E-state index is 0.0246. The van der Waals surface area contributed by atoms with E-state index < -0.39 is 17.6 Å². The van der Waals surface area contributed by atoms with Gasteiger partial charge < -0.3 is 16.1 Å². The number of carbonyl (C=O) groups is 2. The number of hydrogen-bond donors (Lipinski definition) is 4. The van der Waals surface area contributed by atoms with E-state index in [1.54, 1.807) is 0 Å². The van der Waals surface area contributed by atoms with Crippen LogP contribution in [0.25, 0.3) is 0 Å². The normalized spacial score (nSPS) is 10.9. The predicted molar refractivity (Wildman–Crippen MR) is 70.3 cm³/mol. The Morgan fingerprint density at radius 3 is 2.48 bits per heavy atom. The maximum atomic E-state index is 12.8. The monoisotopic (exact) mass is 304 g/mol. The SMILES string of the molecule is CNC(=O)CCNC(=O)c1ccc(NN)c(C(F)(F)F)c1. The van der Waals surface area contributed by atoms with Crippen LogP contribution in [-0.2, 0) is 11.0 Å². The largest absolute Gasteiger partial charge is 0.418 e. The van der Waals surface area contributed by atoms with Gasteiger partial charge in [-0.05, 0) is 18.2 Å². The van der Waals surface area contributed by atoms with E-state index >= 15 is 0 Å². The molecule has 0 atom stereocenters. The lowest BCUT2D eigenvalue weighted by Gasteiger charge is -2.14. The zero-order chi connectivity index (χ0) is 16.0. The number of hydrazine groups is 1. The zero-order valence-electron chi connectivity index (χ0n) is 11.2. The van der Waals surface area contributed by atoms with Crippen molar-refractivity contribution in [2.24, 2.45) is 5.84 Å². The molecule has 1 rings (SSSR count). The van der Waals surface area contributed by atoms with Gasteiger partial charge in [-0.25, -0.2) is 0 Å². The Kier molecular flexibility index (Phi) is 5.53. The number of hydrogen-bond acceptors (Lipinski definition) is 4. The molecule has 5 N–H and O–H groups in total. The van der Waals surface area contributed by atoms with Gasteiger partial charge in [0.2, 0.25) is 5.91 Å². The Morgan fingerprint density at radius 1 is 1.29 bits per heavy atom. The number of halogens is 3. The standard InChI is InChI=1S/C12H15F3N4O2/c1-17-10(20)4-5-18-11(21)7-2-3-9(19-16)8(6-7)12(13,14)15/h2-3,6,19H,4-5,16H2,1H3,(H,17,20)(H,18,21). The third kappa shape index (κ3) is 4.63. The summed E-state index contributed by atoms with van der Waals surface area (Å²) < 4.78 is 38.4. The van der Waals surface area contributed by atoms with Crippen LogP contribution in [0.1, 0.15) is 22.3 Å². The lowest BCUT2D eigenvalue weighted by atomic mass is 10.1. The van der Waals surface area contributed by atoms with Crippen molar-refractivity contribution in [3.05, 3.63) is 29.3 Å². The number of alkyl halides is 3. The highest BCUT2D eigenvalue weighted by atomic mass is 19.4. The summed E-state index contributed by atoms with van der Waals surface area (Å²) in [6.45, 7) is 0.0246. The molecule has 1 aromatic carbocycles. The van der Waals surface area contributed by atoms with Gasteiger partial charge in [-0.2, -0.15) is 13.2 Å². The van der Waals surface area contributed by atoms with Crippen molar-refractivity contribution >= 4 is 17.5 Å². The van der Waals surface area contributed by atoms with Crippen molar-refractivity contribution in [2.45, 2.75) is 12.6 Å². The van der Waals surface area contributed by atoms with Crippen LogP contribution in [-0.4, -0.2) is 25.4 Å². The molecule has 0 saturated heterocycles. The van der Waals surface area contributed by atoms with Crippen LogP contribution in [0.3, 0.4) is 0 Å². The number of rotatable bonds is 5. The van der Waals surface area contributed by atoms with Crippen LogP contribution in [0.2, 0.25) is 0 Å². The maximum absolute atomic E-state index is 12.8. The quantitative estimate of drug-likeness (QED) is 0.479. The summed E-state index contributed by atoms with van der Waals surface area (Å²) in [5, 5.41) is 4.72. The summed E-state index contributed by atoms with van der Waals surface area (Å²) in [6, 6.07) is 2.97. The van der Waals surface area contributed by atoms with Crippen molar-refractivity contribution in [1.29, 1.82) is 0 Å². The van der Waals surface area contributed by atoms with E-state index in [0.717, 1.165) is 6.07 Å². The average molecular weight is 304 g/mol. The minimum atomic E-state index is -4.64. The lowest BCUT2D eigenvalue weighted by molar-refractivity contribution is -0.137. The fraction of sp³-hybridized carbons (Fsp3) is 0.333. The summed E-state index contributed by atoms with van der Waals surface area (Å²) in [4.78, 5) is 22.7. The summed E-state index contributed by atoms with van der Waals surface area (Å²) >= 11 is 0. The third-order valence-electron chi connectivity index (χ3n) is 2.66. The smallest absolute Gasteiger partial charge is 0.359 e. The number of carbonyl (C=O) groups excluding carboxylic acids is 2. The van der Waals surface area contributed by atoms with Crippen molar-refractivity contribution in [3.8, 4) is 0 Å². The number of amides is 2. The maximum Gasteiger partial charge on any atom is 0.418 e. The summed E-state index contributed by atoms with van der Waals surface area (Å²) in [6.07, 6.45) is -4.60. The summed E-state index contributed by atoms with van der Waals surface area (Å²) in [5.74, 6) is 4.02. The predicted octanol–water partition coefficient (Wildman–Crippen LogP) is 0.857. The van der Waals surface area contributed by atoms with Gasteiger partial charge in [-0.1, -0.05) is 0 Å². The number of anilines is 1. The lowest BCUT2D eigenvalue weighted by Crippen LogP contribution is -2.29. The first kappa shape index (κ1) is 16.8. The van der Waals surface area contributed by atoms with E-state index in [0.29, 0.717) is 6.07 Å². The molecule has 116 valence electrons. The average Bonchev–Trinajstić information content (AvgIpc) is 2.45. The van der Waals surface area contributed by atoms with Gasteiger partial charge in [0.15, 0.2) is 0 Å². The highest BCUT2D eigenvalue weighted by Crippen LogP contribution is 2.35. The number of benzene rings is 1. The second kappa shape index (κ2) is 6.93. The Labute approximate surface area is 118 Å². The molecule has 0 heterocycles. The van der Waals surface area contributed by atoms with E-state index in [2.05, 4.69) is 10.6 Å². The molecule has 2 amide bonds. The van der Waals surface area contributed by atoms with E-state index in [9.17, 15) is 22.8 Å². The first-order valence-electron chi connectivity index (χ1n) is 5.96. The molecule has 0 aromatic heterocycles. The molecule has 0 spiro atoms. The molecule has 0 bridgehead atoms. The molecule has 0 aliphatic rings. The van der Waals surface area contributed by atoms with Crippen molar-refractivity contribution in [2.75, 3.05) is 19.0 Å². The van der Waals surface area contributed by atoms with Gasteiger partial charge in [-0.15, -0.1) is 0 Å². The van der Waals surface area contributed by atoms with Gasteiger partial charge >= 0.3 is 6.18 Å². The first-order chi connectivity index (χ1) is 9.79. The van der Waals surface area contributed by atoms with E-state index in [-0.39, 0.29) is 30.1 Å². The van der Waals surface area contributed by atoms with Crippen molar-refractivity contribution in [1.82, 2.24) is 10.6 Å². The van der Waals surface area contributed by atoms with Crippen LogP contribution >= 0.6 is 0 Å².